The van der Waals surface area contributed by atoms with Crippen LogP contribution >= 0.6 is 0 Å². The van der Waals surface area contributed by atoms with E-state index in [0.29, 0.717) is 54.9 Å². The number of amides is 1. The third-order valence-electron chi connectivity index (χ3n) is 9.74. The molecule has 0 unspecified atom stereocenters. The molecule has 0 bridgehead atoms. The predicted molar refractivity (Wildman–Crippen MR) is 181 cm³/mol. The normalized spacial score (nSPS) is 23.0. The van der Waals surface area contributed by atoms with Crippen LogP contribution in [0.2, 0.25) is 0 Å². The molecule has 0 aliphatic carbocycles. The Morgan fingerprint density at radius 3 is 2.67 bits per heavy atom. The lowest BCUT2D eigenvalue weighted by atomic mass is 9.95. The summed E-state index contributed by atoms with van der Waals surface area (Å²) in [5.74, 6) is 2.56. The van der Waals surface area contributed by atoms with Crippen molar-refractivity contribution < 1.29 is 23.0 Å². The average molecular weight is 655 g/mol. The van der Waals surface area contributed by atoms with Crippen molar-refractivity contribution in [3.63, 3.8) is 0 Å². The molecule has 0 radical (unpaired) electrons. The lowest BCUT2D eigenvalue weighted by Gasteiger charge is -2.41. The highest BCUT2D eigenvalue weighted by Gasteiger charge is 2.49. The maximum atomic E-state index is 16.9. The first-order valence-electron chi connectivity index (χ1n) is 16.6. The van der Waals surface area contributed by atoms with E-state index in [1.165, 1.54) is 0 Å². The predicted octanol–water partition coefficient (Wildman–Crippen LogP) is 6.37. The van der Waals surface area contributed by atoms with Gasteiger partial charge < -0.3 is 19.3 Å². The summed E-state index contributed by atoms with van der Waals surface area (Å²) in [5.41, 5.74) is 0.326. The number of piperazine rings is 1. The van der Waals surface area contributed by atoms with Crippen LogP contribution in [0.5, 0.6) is 6.01 Å². The topological polar surface area (TPSA) is 83.9 Å². The fourth-order valence-electron chi connectivity index (χ4n) is 7.56. The molecule has 11 heteroatoms. The summed E-state index contributed by atoms with van der Waals surface area (Å²) in [6, 6.07) is 11.0. The molecular weight excluding hydrogens is 614 g/mol. The van der Waals surface area contributed by atoms with Crippen molar-refractivity contribution in [2.75, 3.05) is 44.2 Å². The highest BCUT2D eigenvalue weighted by molar-refractivity contribution is 6.02. The molecule has 9 nitrogen and oxygen atoms in total. The van der Waals surface area contributed by atoms with Gasteiger partial charge in [0.2, 0.25) is 0 Å². The van der Waals surface area contributed by atoms with Gasteiger partial charge in [0, 0.05) is 61.4 Å². The summed E-state index contributed by atoms with van der Waals surface area (Å²) in [4.78, 5) is 32.8. The maximum absolute atomic E-state index is 16.9. The van der Waals surface area contributed by atoms with Gasteiger partial charge in [-0.3, -0.25) is 9.88 Å². The molecule has 3 atom stereocenters. The molecule has 250 valence electrons. The highest BCUT2D eigenvalue weighted by atomic mass is 19.1. The molecule has 3 fully saturated rings. The minimum Gasteiger partial charge on any atom is -0.461 e. The fraction of sp³-hybridized carbons (Fsp3) is 0.459. The Hall–Kier alpha value is -4.56. The van der Waals surface area contributed by atoms with Gasteiger partial charge in [-0.25, -0.2) is 13.6 Å². The molecule has 1 amide bonds. The number of pyridine rings is 1. The number of halogens is 2. The van der Waals surface area contributed by atoms with Crippen molar-refractivity contribution in [1.29, 1.82) is 0 Å². The molecule has 0 spiro atoms. The minimum atomic E-state index is -0.913. The summed E-state index contributed by atoms with van der Waals surface area (Å²) in [5, 5.41) is 2.02. The van der Waals surface area contributed by atoms with Crippen LogP contribution in [-0.4, -0.2) is 93.5 Å². The fourth-order valence-corrected chi connectivity index (χ4v) is 7.56. The molecule has 0 N–H and O–H groups in total. The summed E-state index contributed by atoms with van der Waals surface area (Å²) in [6.07, 6.45) is 8.32. The SMILES string of the molecule is C#Cc1cccc2cccc(-c3ncc4c(N5CCN(C(=O)OC(C)(C)C)C[C@@H]5C)nc(OC[C@@]56CCCN5C[C@H](F)C6)nc4c3F)c12. The first-order chi connectivity index (χ1) is 23.0. The van der Waals surface area contributed by atoms with E-state index in [-0.39, 0.29) is 36.0 Å². The zero-order chi connectivity index (χ0) is 33.8. The summed E-state index contributed by atoms with van der Waals surface area (Å²) < 4.78 is 43.3. The molecule has 7 rings (SSSR count). The average Bonchev–Trinajstić information content (AvgIpc) is 3.58. The van der Waals surface area contributed by atoms with Crippen molar-refractivity contribution >= 4 is 33.6 Å². The number of carbonyl (C=O) groups is 1. The summed E-state index contributed by atoms with van der Waals surface area (Å²) in [7, 11) is 0. The van der Waals surface area contributed by atoms with Crippen molar-refractivity contribution in [3.05, 3.63) is 54.0 Å². The second-order valence-electron chi connectivity index (χ2n) is 14.2. The van der Waals surface area contributed by atoms with Crippen LogP contribution in [-0.2, 0) is 4.74 Å². The van der Waals surface area contributed by atoms with E-state index < -0.39 is 23.1 Å². The van der Waals surface area contributed by atoms with Crippen LogP contribution in [0.3, 0.4) is 0 Å². The maximum Gasteiger partial charge on any atom is 0.410 e. The zero-order valence-corrected chi connectivity index (χ0v) is 27.8. The Morgan fingerprint density at radius 1 is 1.12 bits per heavy atom. The largest absolute Gasteiger partial charge is 0.461 e. The number of aromatic nitrogens is 3. The number of terminal acetylenes is 1. The van der Waals surface area contributed by atoms with E-state index in [2.05, 4.69) is 20.8 Å². The molecule has 5 heterocycles. The Labute approximate surface area is 279 Å². The number of hydrogen-bond acceptors (Lipinski definition) is 8. The van der Waals surface area contributed by atoms with Crippen molar-refractivity contribution in [2.45, 2.75) is 70.3 Å². The van der Waals surface area contributed by atoms with Gasteiger partial charge in [-0.2, -0.15) is 9.97 Å². The first-order valence-corrected chi connectivity index (χ1v) is 16.6. The molecule has 0 saturated carbocycles. The second-order valence-corrected chi connectivity index (χ2v) is 14.2. The molecule has 48 heavy (non-hydrogen) atoms. The van der Waals surface area contributed by atoms with Crippen molar-refractivity contribution in [2.24, 2.45) is 0 Å². The lowest BCUT2D eigenvalue weighted by Crippen LogP contribution is -2.55. The molecule has 2 aromatic carbocycles. The zero-order valence-electron chi connectivity index (χ0n) is 27.8. The molecule has 3 aliphatic heterocycles. The van der Waals surface area contributed by atoms with Crippen molar-refractivity contribution in [1.82, 2.24) is 24.8 Å². The number of hydrogen-bond donors (Lipinski definition) is 0. The van der Waals surface area contributed by atoms with Gasteiger partial charge in [0.15, 0.2) is 5.82 Å². The van der Waals surface area contributed by atoms with E-state index in [1.807, 2.05) is 62.9 Å². The van der Waals surface area contributed by atoms with Crippen LogP contribution in [0.1, 0.15) is 52.5 Å². The van der Waals surface area contributed by atoms with Crippen molar-refractivity contribution in [3.8, 4) is 29.6 Å². The summed E-state index contributed by atoms with van der Waals surface area (Å²) in [6.45, 7) is 10.1. The van der Waals surface area contributed by atoms with E-state index in [4.69, 9.17) is 20.9 Å². The van der Waals surface area contributed by atoms with Gasteiger partial charge in [-0.1, -0.05) is 36.3 Å². The Morgan fingerprint density at radius 2 is 1.92 bits per heavy atom. The second kappa shape index (κ2) is 12.2. The highest BCUT2D eigenvalue weighted by Crippen LogP contribution is 2.41. The minimum absolute atomic E-state index is 0.0149. The molecule has 3 saturated heterocycles. The Balaban J connectivity index is 1.30. The third kappa shape index (κ3) is 5.76. The Bertz CT molecular complexity index is 1940. The van der Waals surface area contributed by atoms with Crippen LogP contribution in [0.15, 0.2) is 42.6 Å². The van der Waals surface area contributed by atoms with E-state index >= 15 is 4.39 Å². The third-order valence-corrected chi connectivity index (χ3v) is 9.74. The van der Waals surface area contributed by atoms with Crippen LogP contribution < -0.4 is 9.64 Å². The number of nitrogens with zero attached hydrogens (tertiary/aromatic N) is 6. The monoisotopic (exact) mass is 654 g/mol. The molecular formula is C37H40F2N6O3. The standard InChI is InChI=1S/C37H40F2N6O3/c1-6-24-10-7-11-25-12-8-13-27(29(24)25)31-30(39)32-28(19-40-31)33(45-17-16-43(20-23(45)2)35(46)48-36(3,4)5)42-34(41-32)47-22-37-14-9-15-44(37)21-26(38)18-37/h1,7-8,10-13,19,23,26H,9,14-18,20-22H2,2-5H3/t23-,26+,37-/m0/s1. The number of fused-ring (bicyclic) bond motifs is 3. The molecule has 3 aliphatic rings. The first kappa shape index (κ1) is 32.0. The number of rotatable bonds is 5. The van der Waals surface area contributed by atoms with Crippen LogP contribution in [0.4, 0.5) is 19.4 Å². The van der Waals surface area contributed by atoms with E-state index in [9.17, 15) is 9.18 Å². The number of benzene rings is 2. The quantitative estimate of drug-likeness (QED) is 0.230. The van der Waals surface area contributed by atoms with Crippen LogP contribution in [0.25, 0.3) is 32.9 Å². The van der Waals surface area contributed by atoms with Gasteiger partial charge >= 0.3 is 12.1 Å². The summed E-state index contributed by atoms with van der Waals surface area (Å²) >= 11 is 0. The number of anilines is 1. The number of ether oxygens (including phenoxy) is 2. The van der Waals surface area contributed by atoms with Gasteiger partial charge in [0.25, 0.3) is 0 Å². The van der Waals surface area contributed by atoms with E-state index in [0.717, 1.165) is 30.2 Å². The van der Waals surface area contributed by atoms with Gasteiger partial charge in [-0.05, 0) is 58.5 Å². The van der Waals surface area contributed by atoms with Crippen LogP contribution in [0, 0.1) is 18.2 Å². The lowest BCUT2D eigenvalue weighted by molar-refractivity contribution is 0.0218. The number of alkyl halides is 1. The molecule has 2 aromatic heterocycles. The van der Waals surface area contributed by atoms with Gasteiger partial charge in [0.05, 0.1) is 10.9 Å². The molecule has 4 aromatic rings. The van der Waals surface area contributed by atoms with E-state index in [1.54, 1.807) is 17.2 Å². The Kier molecular flexibility index (Phi) is 8.10. The number of carbonyl (C=O) groups excluding carboxylic acids is 1. The van der Waals surface area contributed by atoms with Gasteiger partial charge in [0.1, 0.15) is 35.4 Å². The smallest absolute Gasteiger partial charge is 0.410 e. The van der Waals surface area contributed by atoms with Gasteiger partial charge in [-0.15, -0.1) is 6.42 Å².